The summed E-state index contributed by atoms with van der Waals surface area (Å²) in [6.07, 6.45) is 0.904. The molecule has 2 amide bonds. The largest absolute Gasteiger partial charge is 0.323 e. The molecule has 0 aliphatic carbocycles. The lowest BCUT2D eigenvalue weighted by molar-refractivity contribution is 0.214. The van der Waals surface area contributed by atoms with E-state index in [-0.39, 0.29) is 11.4 Å². The van der Waals surface area contributed by atoms with Gasteiger partial charge in [0.15, 0.2) is 0 Å². The molecule has 120 valence electrons. The maximum absolute atomic E-state index is 12.7. The molecule has 3 nitrogen and oxygen atoms in total. The van der Waals surface area contributed by atoms with E-state index in [1.165, 1.54) is 0 Å². The predicted molar refractivity (Wildman–Crippen MR) is 101 cm³/mol. The lowest BCUT2D eigenvalue weighted by atomic mass is 10.1. The SMILES string of the molecule is CCc1ccccc1NC(=O)N1CCSC1c1ccc(Br)cc1. The van der Waals surface area contributed by atoms with Gasteiger partial charge in [0.25, 0.3) is 0 Å². The zero-order valence-electron chi connectivity index (χ0n) is 13.0. The van der Waals surface area contributed by atoms with E-state index < -0.39 is 0 Å². The molecular formula is C18H19BrN2OS. The van der Waals surface area contributed by atoms with Gasteiger partial charge in [-0.05, 0) is 35.7 Å². The van der Waals surface area contributed by atoms with E-state index in [0.29, 0.717) is 0 Å². The van der Waals surface area contributed by atoms with Gasteiger partial charge in [-0.25, -0.2) is 4.79 Å². The molecule has 0 spiro atoms. The summed E-state index contributed by atoms with van der Waals surface area (Å²) in [7, 11) is 0. The van der Waals surface area contributed by atoms with Gasteiger partial charge in [0.2, 0.25) is 0 Å². The molecule has 1 aliphatic rings. The Morgan fingerprint density at radius 1 is 1.26 bits per heavy atom. The number of nitrogens with one attached hydrogen (secondary N) is 1. The van der Waals surface area contributed by atoms with Crippen LogP contribution in [0.15, 0.2) is 53.0 Å². The van der Waals surface area contributed by atoms with Crippen LogP contribution in [0.25, 0.3) is 0 Å². The Balaban J connectivity index is 1.77. The molecule has 23 heavy (non-hydrogen) atoms. The highest BCUT2D eigenvalue weighted by molar-refractivity contribution is 9.10. The van der Waals surface area contributed by atoms with Crippen LogP contribution in [0.3, 0.4) is 0 Å². The van der Waals surface area contributed by atoms with Gasteiger partial charge in [-0.15, -0.1) is 11.8 Å². The molecule has 0 aromatic heterocycles. The van der Waals surface area contributed by atoms with Crippen molar-refractivity contribution < 1.29 is 4.79 Å². The van der Waals surface area contributed by atoms with Gasteiger partial charge in [0.1, 0.15) is 5.37 Å². The fourth-order valence-corrected chi connectivity index (χ4v) is 4.24. The summed E-state index contributed by atoms with van der Waals surface area (Å²) >= 11 is 5.27. The maximum Gasteiger partial charge on any atom is 0.323 e. The maximum atomic E-state index is 12.7. The lowest BCUT2D eigenvalue weighted by Gasteiger charge is -2.25. The summed E-state index contributed by atoms with van der Waals surface area (Å²) in [5.41, 5.74) is 3.23. The first-order valence-electron chi connectivity index (χ1n) is 7.71. The van der Waals surface area contributed by atoms with Gasteiger partial charge in [0.05, 0.1) is 0 Å². The number of urea groups is 1. The fourth-order valence-electron chi connectivity index (χ4n) is 2.72. The number of carbonyl (C=O) groups is 1. The number of hydrogen-bond acceptors (Lipinski definition) is 2. The zero-order valence-corrected chi connectivity index (χ0v) is 15.4. The number of halogens is 1. The Kier molecular flexibility index (Phi) is 5.28. The van der Waals surface area contributed by atoms with Crippen molar-refractivity contribution in [3.8, 4) is 0 Å². The molecule has 1 atom stereocenters. The van der Waals surface area contributed by atoms with Gasteiger partial charge < -0.3 is 10.2 Å². The third-order valence-electron chi connectivity index (χ3n) is 3.95. The van der Waals surface area contributed by atoms with Crippen molar-refractivity contribution in [1.82, 2.24) is 4.90 Å². The minimum atomic E-state index is -0.0242. The summed E-state index contributed by atoms with van der Waals surface area (Å²) in [6, 6.07) is 16.2. The van der Waals surface area contributed by atoms with Crippen molar-refractivity contribution >= 4 is 39.4 Å². The molecule has 1 N–H and O–H groups in total. The summed E-state index contributed by atoms with van der Waals surface area (Å²) < 4.78 is 1.05. The summed E-state index contributed by atoms with van der Waals surface area (Å²) in [4.78, 5) is 14.6. The molecule has 5 heteroatoms. The van der Waals surface area contributed by atoms with E-state index in [2.05, 4.69) is 46.4 Å². The highest BCUT2D eigenvalue weighted by Crippen LogP contribution is 2.38. The van der Waals surface area contributed by atoms with Crippen LogP contribution in [-0.2, 0) is 6.42 Å². The van der Waals surface area contributed by atoms with Crippen LogP contribution in [0.1, 0.15) is 23.4 Å². The average molecular weight is 391 g/mol. The van der Waals surface area contributed by atoms with Crippen LogP contribution in [0, 0.1) is 0 Å². The normalized spacial score (nSPS) is 17.3. The molecule has 1 unspecified atom stereocenters. The van der Waals surface area contributed by atoms with Crippen LogP contribution in [0.4, 0.5) is 10.5 Å². The quantitative estimate of drug-likeness (QED) is 0.771. The number of rotatable bonds is 3. The van der Waals surface area contributed by atoms with E-state index in [9.17, 15) is 4.79 Å². The second kappa shape index (κ2) is 7.41. The highest BCUT2D eigenvalue weighted by Gasteiger charge is 2.30. The molecule has 2 aromatic carbocycles. The number of carbonyl (C=O) groups excluding carboxylic acids is 1. The van der Waals surface area contributed by atoms with E-state index in [1.54, 1.807) is 0 Å². The smallest absolute Gasteiger partial charge is 0.308 e. The highest BCUT2D eigenvalue weighted by atomic mass is 79.9. The first kappa shape index (κ1) is 16.4. The summed E-state index contributed by atoms with van der Waals surface area (Å²) in [5, 5.41) is 3.16. The van der Waals surface area contributed by atoms with Gasteiger partial charge in [0, 0.05) is 22.5 Å². The number of benzene rings is 2. The average Bonchev–Trinajstić information content (AvgIpc) is 3.06. The molecule has 1 fully saturated rings. The van der Waals surface area contributed by atoms with Crippen molar-refractivity contribution in [1.29, 1.82) is 0 Å². The van der Waals surface area contributed by atoms with E-state index in [4.69, 9.17) is 0 Å². The molecule has 1 saturated heterocycles. The molecule has 2 aromatic rings. The van der Waals surface area contributed by atoms with Crippen LogP contribution >= 0.6 is 27.7 Å². The number of amides is 2. The Bertz CT molecular complexity index is 690. The zero-order chi connectivity index (χ0) is 16.2. The molecule has 0 saturated carbocycles. The third-order valence-corrected chi connectivity index (χ3v) is 5.74. The summed E-state index contributed by atoms with van der Waals surface area (Å²) in [6.45, 7) is 2.87. The molecular weight excluding hydrogens is 372 g/mol. The van der Waals surface area contributed by atoms with Crippen LogP contribution in [-0.4, -0.2) is 23.2 Å². The van der Waals surface area contributed by atoms with Crippen molar-refractivity contribution in [3.63, 3.8) is 0 Å². The summed E-state index contributed by atoms with van der Waals surface area (Å²) in [5.74, 6) is 0.962. The van der Waals surface area contributed by atoms with Crippen molar-refractivity contribution in [2.24, 2.45) is 0 Å². The van der Waals surface area contributed by atoms with Crippen molar-refractivity contribution in [2.75, 3.05) is 17.6 Å². The Labute approximate surface area is 149 Å². The first-order valence-corrected chi connectivity index (χ1v) is 9.56. The molecule has 3 rings (SSSR count). The van der Waals surface area contributed by atoms with Gasteiger partial charge in [-0.2, -0.15) is 0 Å². The predicted octanol–water partition coefficient (Wildman–Crippen LogP) is 5.29. The topological polar surface area (TPSA) is 32.3 Å². The Morgan fingerprint density at radius 3 is 2.74 bits per heavy atom. The third kappa shape index (κ3) is 3.72. The number of thioether (sulfide) groups is 1. The minimum Gasteiger partial charge on any atom is -0.308 e. The van der Waals surface area contributed by atoms with Crippen LogP contribution in [0.2, 0.25) is 0 Å². The van der Waals surface area contributed by atoms with E-state index in [0.717, 1.165) is 40.0 Å². The van der Waals surface area contributed by atoms with Gasteiger partial charge in [-0.3, -0.25) is 0 Å². The second-order valence-corrected chi connectivity index (χ2v) is 7.51. The van der Waals surface area contributed by atoms with Gasteiger partial charge in [-0.1, -0.05) is 53.2 Å². The van der Waals surface area contributed by atoms with Crippen molar-refractivity contribution in [3.05, 3.63) is 64.1 Å². The molecule has 1 aliphatic heterocycles. The number of aryl methyl sites for hydroxylation is 1. The molecule has 0 radical (unpaired) electrons. The molecule has 0 bridgehead atoms. The van der Waals surface area contributed by atoms with E-state index in [1.807, 2.05) is 47.0 Å². The Hall–Kier alpha value is -1.46. The van der Waals surface area contributed by atoms with Crippen LogP contribution in [0.5, 0.6) is 0 Å². The number of hydrogen-bond donors (Lipinski definition) is 1. The monoisotopic (exact) mass is 390 g/mol. The number of nitrogens with zero attached hydrogens (tertiary/aromatic N) is 1. The Morgan fingerprint density at radius 2 is 2.00 bits per heavy atom. The molecule has 1 heterocycles. The lowest BCUT2D eigenvalue weighted by Crippen LogP contribution is -2.34. The number of anilines is 1. The van der Waals surface area contributed by atoms with Gasteiger partial charge >= 0.3 is 6.03 Å². The standard InChI is InChI=1S/C18H19BrN2OS/c1-2-13-5-3-4-6-16(13)20-18(22)21-11-12-23-17(21)14-7-9-15(19)10-8-14/h3-10,17H,2,11-12H2,1H3,(H,20,22). The van der Waals surface area contributed by atoms with Crippen molar-refractivity contribution in [2.45, 2.75) is 18.7 Å². The second-order valence-electron chi connectivity index (χ2n) is 5.41. The van der Waals surface area contributed by atoms with E-state index >= 15 is 0 Å². The minimum absolute atomic E-state index is 0.0242. The fraction of sp³-hybridized carbons (Fsp3) is 0.278. The number of para-hydroxylation sites is 1. The van der Waals surface area contributed by atoms with Crippen LogP contribution < -0.4 is 5.32 Å². The first-order chi connectivity index (χ1) is 11.2.